The van der Waals surface area contributed by atoms with E-state index in [4.69, 9.17) is 5.11 Å². The van der Waals surface area contributed by atoms with Crippen molar-refractivity contribution in [1.29, 1.82) is 0 Å². The Morgan fingerprint density at radius 3 is 2.57 bits per heavy atom. The Hall–Kier alpha value is -1.88. The zero-order chi connectivity index (χ0) is 16.0. The van der Waals surface area contributed by atoms with Crippen LogP contribution in [0.5, 0.6) is 0 Å². The molecular formula is C14H18N2O4S. The van der Waals surface area contributed by atoms with Crippen molar-refractivity contribution in [2.45, 2.75) is 11.8 Å². The predicted molar refractivity (Wildman–Crippen MR) is 79.0 cm³/mol. The molecule has 1 amide bonds. The summed E-state index contributed by atoms with van der Waals surface area (Å²) in [5, 5.41) is 8.65. The molecule has 21 heavy (non-hydrogen) atoms. The number of rotatable bonds is 4. The number of carbonyl (C=O) groups excluding carboxylic acids is 1. The first kappa shape index (κ1) is 17.2. The summed E-state index contributed by atoms with van der Waals surface area (Å²) in [6, 6.07) is 4.46. The number of hydrogen-bond donors (Lipinski definition) is 2. The number of nitrogens with zero attached hydrogens (tertiary/aromatic N) is 1. The lowest BCUT2D eigenvalue weighted by atomic mass is 10.1. The maximum atomic E-state index is 12.1. The molecule has 0 heterocycles. The molecule has 0 atom stereocenters. The van der Waals surface area contributed by atoms with E-state index in [-0.39, 0.29) is 24.0 Å². The second-order valence-corrected chi connectivity index (χ2v) is 6.32. The largest absolute Gasteiger partial charge is 0.384 e. The van der Waals surface area contributed by atoms with Gasteiger partial charge >= 0.3 is 0 Å². The fourth-order valence-electron chi connectivity index (χ4n) is 1.48. The summed E-state index contributed by atoms with van der Waals surface area (Å²) >= 11 is 0. The molecule has 2 N–H and O–H groups in total. The summed E-state index contributed by atoms with van der Waals surface area (Å²) in [6.07, 6.45) is 0. The first-order valence-electron chi connectivity index (χ1n) is 6.18. The van der Waals surface area contributed by atoms with Gasteiger partial charge in [-0.15, -0.1) is 0 Å². The molecule has 1 aromatic carbocycles. The number of benzene rings is 1. The molecule has 0 aliphatic carbocycles. The molecule has 0 aromatic heterocycles. The number of aliphatic hydroxyl groups is 1. The zero-order valence-corrected chi connectivity index (χ0v) is 13.0. The molecule has 114 valence electrons. The number of likely N-dealkylation sites (N-methyl/N-ethyl adjacent to an activating group) is 1. The van der Waals surface area contributed by atoms with E-state index in [1.807, 2.05) is 0 Å². The highest BCUT2D eigenvalue weighted by molar-refractivity contribution is 7.89. The van der Waals surface area contributed by atoms with Gasteiger partial charge in [0.25, 0.3) is 0 Å². The van der Waals surface area contributed by atoms with E-state index >= 15 is 0 Å². The number of hydrogen-bond acceptors (Lipinski definition) is 4. The second kappa shape index (κ2) is 7.22. The van der Waals surface area contributed by atoms with E-state index < -0.39 is 10.0 Å². The van der Waals surface area contributed by atoms with Gasteiger partial charge in [0, 0.05) is 19.7 Å². The minimum absolute atomic E-state index is 0.0705. The van der Waals surface area contributed by atoms with Crippen LogP contribution in [0.3, 0.4) is 0 Å². The van der Waals surface area contributed by atoms with Crippen LogP contribution in [0.25, 0.3) is 0 Å². The fourth-order valence-corrected chi connectivity index (χ4v) is 2.54. The average Bonchev–Trinajstić information content (AvgIpc) is 2.43. The van der Waals surface area contributed by atoms with E-state index in [2.05, 4.69) is 16.6 Å². The lowest BCUT2D eigenvalue weighted by Gasteiger charge is -2.12. The molecule has 0 spiro atoms. The van der Waals surface area contributed by atoms with Crippen molar-refractivity contribution in [3.8, 4) is 11.8 Å². The van der Waals surface area contributed by atoms with Gasteiger partial charge < -0.3 is 10.0 Å². The Balaban J connectivity index is 2.94. The van der Waals surface area contributed by atoms with Gasteiger partial charge in [0.15, 0.2) is 0 Å². The smallest absolute Gasteiger partial charge is 0.241 e. The highest BCUT2D eigenvalue weighted by Gasteiger charge is 2.16. The van der Waals surface area contributed by atoms with E-state index in [0.29, 0.717) is 11.1 Å². The van der Waals surface area contributed by atoms with Crippen molar-refractivity contribution in [3.05, 3.63) is 29.3 Å². The third kappa shape index (κ3) is 4.86. The molecule has 1 aromatic rings. The molecule has 7 heteroatoms. The Kier molecular flexibility index (Phi) is 5.90. The van der Waals surface area contributed by atoms with Gasteiger partial charge in [-0.05, 0) is 30.7 Å². The summed E-state index contributed by atoms with van der Waals surface area (Å²) in [5.41, 5.74) is 1.32. The average molecular weight is 310 g/mol. The van der Waals surface area contributed by atoms with Crippen molar-refractivity contribution in [2.75, 3.05) is 27.2 Å². The molecule has 0 unspecified atom stereocenters. The molecule has 0 bridgehead atoms. The number of aliphatic hydroxyl groups excluding tert-OH is 1. The molecule has 0 aliphatic heterocycles. The first-order valence-corrected chi connectivity index (χ1v) is 7.66. The molecule has 1 rings (SSSR count). The van der Waals surface area contributed by atoms with Crippen molar-refractivity contribution in [1.82, 2.24) is 9.62 Å². The van der Waals surface area contributed by atoms with E-state index in [0.717, 1.165) is 0 Å². The molecule has 0 saturated carbocycles. The summed E-state index contributed by atoms with van der Waals surface area (Å²) in [5.74, 6) is 4.90. The van der Waals surface area contributed by atoms with E-state index in [1.54, 1.807) is 27.1 Å². The van der Waals surface area contributed by atoms with Crippen molar-refractivity contribution >= 4 is 15.9 Å². The zero-order valence-electron chi connectivity index (χ0n) is 12.2. The Bertz CT molecular complexity index is 685. The van der Waals surface area contributed by atoms with Crippen LogP contribution in [0.4, 0.5) is 0 Å². The summed E-state index contributed by atoms with van der Waals surface area (Å²) < 4.78 is 26.4. The number of nitrogens with one attached hydrogen (secondary N) is 1. The lowest BCUT2D eigenvalue weighted by molar-refractivity contribution is -0.127. The monoisotopic (exact) mass is 310 g/mol. The molecule has 0 aliphatic rings. The van der Waals surface area contributed by atoms with E-state index in [1.165, 1.54) is 17.0 Å². The van der Waals surface area contributed by atoms with Crippen LogP contribution in [0, 0.1) is 18.8 Å². The number of sulfonamides is 1. The molecule has 0 fully saturated rings. The van der Waals surface area contributed by atoms with Gasteiger partial charge in [-0.2, -0.15) is 0 Å². The minimum atomic E-state index is -3.74. The van der Waals surface area contributed by atoms with Gasteiger partial charge in [-0.3, -0.25) is 4.79 Å². The van der Waals surface area contributed by atoms with E-state index in [9.17, 15) is 13.2 Å². The maximum absolute atomic E-state index is 12.1. The van der Waals surface area contributed by atoms with Gasteiger partial charge in [-0.1, -0.05) is 11.8 Å². The third-order valence-corrected chi connectivity index (χ3v) is 4.12. The predicted octanol–water partition coefficient (Wildman–Crippen LogP) is -0.295. The van der Waals surface area contributed by atoms with Crippen molar-refractivity contribution in [2.24, 2.45) is 0 Å². The van der Waals surface area contributed by atoms with Gasteiger partial charge in [0.2, 0.25) is 15.9 Å². The maximum Gasteiger partial charge on any atom is 0.241 e. The first-order chi connectivity index (χ1) is 9.77. The highest BCUT2D eigenvalue weighted by atomic mass is 32.2. The number of carbonyl (C=O) groups is 1. The standard InChI is InChI=1S/C14H18N2O4S/c1-11-9-13(7-6-12(11)5-4-8-17)21(19,20)15-10-14(18)16(2)3/h6-7,9,15,17H,8,10H2,1-3H3. The normalized spacial score (nSPS) is 10.7. The Labute approximate surface area is 124 Å². The van der Waals surface area contributed by atoms with Crippen LogP contribution in [-0.2, 0) is 14.8 Å². The van der Waals surface area contributed by atoms with Crippen LogP contribution in [0.1, 0.15) is 11.1 Å². The summed E-state index contributed by atoms with van der Waals surface area (Å²) in [7, 11) is -0.642. The van der Waals surface area contributed by atoms with Crippen LogP contribution < -0.4 is 4.72 Å². The lowest BCUT2D eigenvalue weighted by Crippen LogP contribution is -2.36. The van der Waals surface area contributed by atoms with Crippen LogP contribution in [-0.4, -0.2) is 51.6 Å². The SMILES string of the molecule is Cc1cc(S(=O)(=O)NCC(=O)N(C)C)ccc1C#CCO. The number of aryl methyl sites for hydroxylation is 1. The second-order valence-electron chi connectivity index (χ2n) is 4.55. The Morgan fingerprint density at radius 2 is 2.05 bits per heavy atom. The molecular weight excluding hydrogens is 292 g/mol. The fraction of sp³-hybridized carbons (Fsp3) is 0.357. The van der Waals surface area contributed by atoms with Gasteiger partial charge in [0.1, 0.15) is 6.61 Å². The van der Waals surface area contributed by atoms with Crippen molar-refractivity contribution < 1.29 is 18.3 Å². The summed E-state index contributed by atoms with van der Waals surface area (Å²) in [4.78, 5) is 12.8. The van der Waals surface area contributed by atoms with Crippen molar-refractivity contribution in [3.63, 3.8) is 0 Å². The van der Waals surface area contributed by atoms with Crippen LogP contribution >= 0.6 is 0 Å². The Morgan fingerprint density at radius 1 is 1.38 bits per heavy atom. The number of amides is 1. The molecule has 6 nitrogen and oxygen atoms in total. The molecule has 0 saturated heterocycles. The van der Waals surface area contributed by atoms with Gasteiger partial charge in [-0.25, -0.2) is 13.1 Å². The summed E-state index contributed by atoms with van der Waals surface area (Å²) in [6.45, 7) is 1.18. The topological polar surface area (TPSA) is 86.7 Å². The van der Waals surface area contributed by atoms with Crippen LogP contribution in [0.2, 0.25) is 0 Å². The highest BCUT2D eigenvalue weighted by Crippen LogP contribution is 2.14. The van der Waals surface area contributed by atoms with Gasteiger partial charge in [0.05, 0.1) is 11.4 Å². The quantitative estimate of drug-likeness (QED) is 0.748. The molecule has 0 radical (unpaired) electrons. The third-order valence-electron chi connectivity index (χ3n) is 2.72. The van der Waals surface area contributed by atoms with Crippen LogP contribution in [0.15, 0.2) is 23.1 Å². The minimum Gasteiger partial charge on any atom is -0.384 e.